The van der Waals surface area contributed by atoms with Crippen molar-refractivity contribution < 1.29 is 14.6 Å². The van der Waals surface area contributed by atoms with Gasteiger partial charge in [-0.3, -0.25) is 9.69 Å². The van der Waals surface area contributed by atoms with Gasteiger partial charge in [-0.2, -0.15) is 0 Å². The van der Waals surface area contributed by atoms with E-state index in [0.29, 0.717) is 26.4 Å². The van der Waals surface area contributed by atoms with Crippen LogP contribution in [0.2, 0.25) is 0 Å². The molecule has 0 bridgehead atoms. The Morgan fingerprint density at radius 3 is 2.63 bits per heavy atom. The zero-order valence-electron chi connectivity index (χ0n) is 17.3. The summed E-state index contributed by atoms with van der Waals surface area (Å²) in [6.07, 6.45) is 1.30. The second-order valence-electron chi connectivity index (χ2n) is 8.55. The molecule has 0 spiro atoms. The minimum atomic E-state index is -0.540. The largest absolute Gasteiger partial charge is 0.390 e. The molecule has 1 atom stereocenters. The quantitative estimate of drug-likeness (QED) is 0.821. The van der Waals surface area contributed by atoms with Crippen LogP contribution in [0.3, 0.4) is 0 Å². The number of nitrogens with zero attached hydrogens (tertiary/aromatic N) is 3. The minimum Gasteiger partial charge on any atom is -0.390 e. The lowest BCUT2D eigenvalue weighted by atomic mass is 9.97. The molecule has 3 heterocycles. The number of amides is 1. The number of β-amino-alcohol motifs (C(OH)–C–C–N with tert-alkyl or cyclic N) is 1. The zero-order chi connectivity index (χ0) is 20.5. The maximum Gasteiger partial charge on any atom is 0.254 e. The molecule has 1 amide bonds. The molecule has 0 radical (unpaired) electrons. The number of carbonyl (C=O) groups excluding carboxylic acids is 1. The summed E-state index contributed by atoms with van der Waals surface area (Å²) in [6.45, 7) is 5.73. The number of hydrogen-bond acceptors (Lipinski definition) is 5. The van der Waals surface area contributed by atoms with E-state index >= 15 is 0 Å². The van der Waals surface area contributed by atoms with Gasteiger partial charge in [-0.25, -0.2) is 0 Å². The molecule has 30 heavy (non-hydrogen) atoms. The lowest BCUT2D eigenvalue weighted by Crippen LogP contribution is -2.46. The molecular formula is C24H29N3O3. The number of rotatable bonds is 5. The molecule has 158 valence electrons. The molecule has 1 unspecified atom stereocenters. The van der Waals surface area contributed by atoms with Crippen LogP contribution >= 0.6 is 0 Å². The van der Waals surface area contributed by atoms with Gasteiger partial charge in [0.2, 0.25) is 0 Å². The Morgan fingerprint density at radius 1 is 0.967 bits per heavy atom. The smallest absolute Gasteiger partial charge is 0.254 e. The van der Waals surface area contributed by atoms with Gasteiger partial charge >= 0.3 is 0 Å². The van der Waals surface area contributed by atoms with Crippen LogP contribution in [0.15, 0.2) is 42.5 Å². The number of anilines is 1. The molecular weight excluding hydrogens is 378 g/mol. The van der Waals surface area contributed by atoms with Crippen molar-refractivity contribution in [3.8, 4) is 0 Å². The Morgan fingerprint density at radius 2 is 1.80 bits per heavy atom. The molecule has 2 aromatic rings. The summed E-state index contributed by atoms with van der Waals surface area (Å²) >= 11 is 0. The van der Waals surface area contributed by atoms with Crippen molar-refractivity contribution in [3.05, 3.63) is 64.7 Å². The van der Waals surface area contributed by atoms with Crippen molar-refractivity contribution in [2.45, 2.75) is 25.5 Å². The van der Waals surface area contributed by atoms with Crippen LogP contribution in [0.4, 0.5) is 5.69 Å². The Kier molecular flexibility index (Phi) is 5.46. The van der Waals surface area contributed by atoms with E-state index in [1.807, 2.05) is 17.0 Å². The Balaban J connectivity index is 1.20. The predicted octanol–water partition coefficient (Wildman–Crippen LogP) is 1.90. The van der Waals surface area contributed by atoms with Gasteiger partial charge < -0.3 is 19.6 Å². The standard InChI is InChI=1S/C24H29N3O3/c28-22(15-25-9-7-18-3-1-2-4-20(18)14-25)16-26-10-8-19-13-21(27-11-12-30-17-27)5-6-23(19)24(26)29/h1-6,13,22,28H,7-12,14-17H2. The van der Waals surface area contributed by atoms with Crippen LogP contribution in [0.25, 0.3) is 0 Å². The van der Waals surface area contributed by atoms with Crippen molar-refractivity contribution in [3.63, 3.8) is 0 Å². The fourth-order valence-corrected chi connectivity index (χ4v) is 4.83. The zero-order valence-corrected chi connectivity index (χ0v) is 17.3. The lowest BCUT2D eigenvalue weighted by molar-refractivity contribution is 0.0493. The summed E-state index contributed by atoms with van der Waals surface area (Å²) < 4.78 is 5.44. The molecule has 6 heteroatoms. The molecule has 2 aromatic carbocycles. The van der Waals surface area contributed by atoms with Crippen LogP contribution in [0, 0.1) is 0 Å². The predicted molar refractivity (Wildman–Crippen MR) is 116 cm³/mol. The van der Waals surface area contributed by atoms with Crippen LogP contribution < -0.4 is 4.90 Å². The summed E-state index contributed by atoms with van der Waals surface area (Å²) in [7, 11) is 0. The van der Waals surface area contributed by atoms with Crippen molar-refractivity contribution in [1.82, 2.24) is 9.80 Å². The van der Waals surface area contributed by atoms with E-state index in [1.54, 1.807) is 0 Å². The van der Waals surface area contributed by atoms with E-state index < -0.39 is 6.10 Å². The van der Waals surface area contributed by atoms with Crippen molar-refractivity contribution in [1.29, 1.82) is 0 Å². The number of hydrogen-bond donors (Lipinski definition) is 1. The molecule has 1 saturated heterocycles. The number of carbonyl (C=O) groups is 1. The van der Waals surface area contributed by atoms with Gasteiger partial charge in [0.15, 0.2) is 0 Å². The number of benzene rings is 2. The lowest BCUT2D eigenvalue weighted by Gasteiger charge is -2.34. The van der Waals surface area contributed by atoms with Crippen molar-refractivity contribution in [2.75, 3.05) is 51.0 Å². The van der Waals surface area contributed by atoms with Crippen LogP contribution in [0.5, 0.6) is 0 Å². The summed E-state index contributed by atoms with van der Waals surface area (Å²) in [6, 6.07) is 14.6. The molecule has 0 aromatic heterocycles. The van der Waals surface area contributed by atoms with Gasteiger partial charge in [-0.15, -0.1) is 0 Å². The molecule has 3 aliphatic heterocycles. The Hall–Kier alpha value is -2.41. The van der Waals surface area contributed by atoms with Gasteiger partial charge in [0, 0.05) is 50.5 Å². The maximum atomic E-state index is 13.0. The van der Waals surface area contributed by atoms with Crippen molar-refractivity contribution >= 4 is 11.6 Å². The highest BCUT2D eigenvalue weighted by molar-refractivity contribution is 5.97. The molecule has 1 fully saturated rings. The second kappa shape index (κ2) is 8.38. The van der Waals surface area contributed by atoms with E-state index in [9.17, 15) is 9.90 Å². The van der Waals surface area contributed by atoms with Crippen LogP contribution in [-0.2, 0) is 24.1 Å². The minimum absolute atomic E-state index is 0.0310. The fourth-order valence-electron chi connectivity index (χ4n) is 4.83. The molecule has 3 aliphatic rings. The number of aliphatic hydroxyl groups is 1. The molecule has 0 saturated carbocycles. The van der Waals surface area contributed by atoms with E-state index in [-0.39, 0.29) is 5.91 Å². The Bertz CT molecular complexity index is 926. The first-order valence-electron chi connectivity index (χ1n) is 10.9. The third kappa shape index (κ3) is 3.95. The number of fused-ring (bicyclic) bond motifs is 2. The maximum absolute atomic E-state index is 13.0. The normalized spacial score (nSPS) is 20.2. The molecule has 1 N–H and O–H groups in total. The first-order chi connectivity index (χ1) is 14.7. The van der Waals surface area contributed by atoms with Gasteiger partial charge in [0.05, 0.1) is 12.7 Å². The second-order valence-corrected chi connectivity index (χ2v) is 8.55. The topological polar surface area (TPSA) is 56.3 Å². The highest BCUT2D eigenvalue weighted by Gasteiger charge is 2.28. The number of ether oxygens (including phenoxy) is 1. The van der Waals surface area contributed by atoms with E-state index in [4.69, 9.17) is 4.74 Å². The third-order valence-electron chi connectivity index (χ3n) is 6.49. The van der Waals surface area contributed by atoms with Gasteiger partial charge in [0.25, 0.3) is 5.91 Å². The summed E-state index contributed by atoms with van der Waals surface area (Å²) in [5.74, 6) is 0.0310. The van der Waals surface area contributed by atoms with E-state index in [1.165, 1.54) is 11.1 Å². The Labute approximate surface area is 177 Å². The van der Waals surface area contributed by atoms with Crippen LogP contribution in [0.1, 0.15) is 27.0 Å². The average Bonchev–Trinajstić information content (AvgIpc) is 3.30. The number of aliphatic hydroxyl groups excluding tert-OH is 1. The summed E-state index contributed by atoms with van der Waals surface area (Å²) in [5.41, 5.74) is 5.74. The summed E-state index contributed by atoms with van der Waals surface area (Å²) in [5, 5.41) is 10.7. The first-order valence-corrected chi connectivity index (χ1v) is 10.9. The summed E-state index contributed by atoms with van der Waals surface area (Å²) in [4.78, 5) is 19.3. The fraction of sp³-hybridized carbons (Fsp3) is 0.458. The SMILES string of the molecule is O=C1c2ccc(N3CCOC3)cc2CCN1CC(O)CN1CCc2ccccc2C1. The highest BCUT2D eigenvalue weighted by atomic mass is 16.5. The molecule has 5 rings (SSSR count). The average molecular weight is 408 g/mol. The van der Waals surface area contributed by atoms with E-state index in [0.717, 1.165) is 55.9 Å². The molecule has 0 aliphatic carbocycles. The van der Waals surface area contributed by atoms with Gasteiger partial charge in [-0.05, 0) is 47.7 Å². The van der Waals surface area contributed by atoms with Crippen LogP contribution in [-0.4, -0.2) is 73.0 Å². The molecule has 6 nitrogen and oxygen atoms in total. The highest BCUT2D eigenvalue weighted by Crippen LogP contribution is 2.26. The third-order valence-corrected chi connectivity index (χ3v) is 6.49. The monoisotopic (exact) mass is 407 g/mol. The van der Waals surface area contributed by atoms with Crippen molar-refractivity contribution in [2.24, 2.45) is 0 Å². The van der Waals surface area contributed by atoms with Gasteiger partial charge in [-0.1, -0.05) is 24.3 Å². The van der Waals surface area contributed by atoms with E-state index in [2.05, 4.69) is 40.1 Å². The van der Waals surface area contributed by atoms with Gasteiger partial charge in [0.1, 0.15) is 6.73 Å². The first kappa shape index (κ1) is 19.5.